The van der Waals surface area contributed by atoms with E-state index in [2.05, 4.69) is 48.5 Å². The van der Waals surface area contributed by atoms with E-state index >= 15 is 0 Å². The van der Waals surface area contributed by atoms with Crippen LogP contribution in [-0.4, -0.2) is 45.7 Å². The monoisotopic (exact) mass is 574 g/mol. The lowest BCUT2D eigenvalue weighted by molar-refractivity contribution is -0.251. The molecule has 0 aromatic rings. The lowest BCUT2D eigenvalue weighted by Gasteiger charge is -2.70. The zero-order chi connectivity index (χ0) is 30.2. The highest BCUT2D eigenvalue weighted by atomic mass is 16.5. The standard InChI is InChI=1S/C36H62O5/c1-10-11-12-13-29(38)40-27-16-18-33(6)25(31(27,2)3)15-20-34(7)26(33)22-24(37)30-23(14-19-35(30,34)8)36(9)21-17-28(41-36)32(4,5)39/h23-28,30,37,39H,10-22H2,1-9H3/t23-,24+,25-,26+,27-,28-,30-,33-,34+,35+,36-/m0/s1. The van der Waals surface area contributed by atoms with Crippen LogP contribution in [-0.2, 0) is 14.3 Å². The van der Waals surface area contributed by atoms with E-state index in [9.17, 15) is 15.0 Å². The molecule has 5 fully saturated rings. The van der Waals surface area contributed by atoms with Gasteiger partial charge in [0.05, 0.1) is 23.4 Å². The predicted molar refractivity (Wildman–Crippen MR) is 163 cm³/mol. The van der Waals surface area contributed by atoms with Crippen molar-refractivity contribution in [3.63, 3.8) is 0 Å². The number of carbonyl (C=O) groups excluding carboxylic acids is 1. The first-order valence-electron chi connectivity index (χ1n) is 17.2. The Labute approximate surface area is 250 Å². The molecule has 4 aliphatic carbocycles. The average molecular weight is 575 g/mol. The number of carbonyl (C=O) groups is 1. The fourth-order valence-corrected chi connectivity index (χ4v) is 12.0. The molecule has 0 spiro atoms. The molecule has 0 bridgehead atoms. The van der Waals surface area contributed by atoms with Crippen molar-refractivity contribution in [2.24, 2.45) is 45.3 Å². The van der Waals surface area contributed by atoms with E-state index in [4.69, 9.17) is 9.47 Å². The SMILES string of the molecule is CCCCCC(=O)O[C@H]1CC[C@]2(C)[C@H]3C[C@@H](O)[C@@H]4[C@@H]([C@]5(C)CC[C@@H](C(C)(C)O)O5)CC[C@@]4(C)[C@]3(C)CC[C@H]2C1(C)C. The molecule has 5 aliphatic rings. The van der Waals surface area contributed by atoms with E-state index in [-0.39, 0.29) is 57.5 Å². The van der Waals surface area contributed by atoms with Gasteiger partial charge < -0.3 is 19.7 Å². The fourth-order valence-electron chi connectivity index (χ4n) is 12.0. The van der Waals surface area contributed by atoms with Crippen molar-refractivity contribution in [3.05, 3.63) is 0 Å². The molecule has 0 aromatic carbocycles. The van der Waals surface area contributed by atoms with E-state index in [1.54, 1.807) is 0 Å². The molecule has 41 heavy (non-hydrogen) atoms. The number of ether oxygens (including phenoxy) is 2. The molecule has 2 N–H and O–H groups in total. The highest BCUT2D eigenvalue weighted by Gasteiger charge is 2.72. The Kier molecular flexibility index (Phi) is 8.11. The third-order valence-corrected chi connectivity index (χ3v) is 14.5. The van der Waals surface area contributed by atoms with E-state index in [0.29, 0.717) is 24.2 Å². The highest BCUT2D eigenvalue weighted by Crippen LogP contribution is 2.76. The zero-order valence-corrected chi connectivity index (χ0v) is 27.9. The summed E-state index contributed by atoms with van der Waals surface area (Å²) in [5.41, 5.74) is -0.883. The first kappa shape index (κ1) is 31.8. The van der Waals surface area contributed by atoms with Gasteiger partial charge in [-0.05, 0) is 125 Å². The van der Waals surface area contributed by atoms with Gasteiger partial charge in [-0.25, -0.2) is 0 Å². The third kappa shape index (κ3) is 4.85. The largest absolute Gasteiger partial charge is 0.462 e. The van der Waals surface area contributed by atoms with Crippen LogP contribution in [0.4, 0.5) is 0 Å². The lowest BCUT2D eigenvalue weighted by Crippen LogP contribution is -2.66. The van der Waals surface area contributed by atoms with Crippen LogP contribution in [0.2, 0.25) is 0 Å². The second kappa shape index (κ2) is 10.5. The molecule has 1 saturated heterocycles. The number of aliphatic hydroxyl groups is 2. The zero-order valence-electron chi connectivity index (χ0n) is 27.9. The molecule has 0 unspecified atom stereocenters. The average Bonchev–Trinajstić information content (AvgIpc) is 3.46. The van der Waals surface area contributed by atoms with Crippen LogP contribution in [0.15, 0.2) is 0 Å². The van der Waals surface area contributed by atoms with Crippen molar-refractivity contribution < 1.29 is 24.5 Å². The summed E-state index contributed by atoms with van der Waals surface area (Å²) >= 11 is 0. The van der Waals surface area contributed by atoms with Gasteiger partial charge in [-0.2, -0.15) is 0 Å². The van der Waals surface area contributed by atoms with E-state index < -0.39 is 5.60 Å². The minimum atomic E-state index is -0.843. The molecule has 1 aliphatic heterocycles. The molecule has 4 saturated carbocycles. The van der Waals surface area contributed by atoms with Crippen LogP contribution >= 0.6 is 0 Å². The molecule has 5 nitrogen and oxygen atoms in total. The Bertz CT molecular complexity index is 985. The summed E-state index contributed by atoms with van der Waals surface area (Å²) in [5.74, 6) is 1.45. The maximum atomic E-state index is 12.8. The Balaban J connectivity index is 1.38. The second-order valence-corrected chi connectivity index (χ2v) is 17.4. The van der Waals surface area contributed by atoms with Crippen molar-refractivity contribution in [1.82, 2.24) is 0 Å². The van der Waals surface area contributed by atoms with E-state index in [1.165, 1.54) is 6.42 Å². The molecule has 1 heterocycles. The minimum absolute atomic E-state index is 0.0179. The van der Waals surface area contributed by atoms with Crippen LogP contribution in [0.25, 0.3) is 0 Å². The summed E-state index contributed by atoms with van der Waals surface area (Å²) in [6.07, 6.45) is 12.4. The summed E-state index contributed by atoms with van der Waals surface area (Å²) in [6, 6.07) is 0. The Hall–Kier alpha value is -0.650. The summed E-state index contributed by atoms with van der Waals surface area (Å²) in [4.78, 5) is 12.8. The number of unbranched alkanes of at least 4 members (excludes halogenated alkanes) is 2. The third-order valence-electron chi connectivity index (χ3n) is 14.5. The normalized spacial score (nSPS) is 49.2. The molecule has 0 aromatic heterocycles. The van der Waals surface area contributed by atoms with Crippen LogP contribution in [0.1, 0.15) is 146 Å². The van der Waals surface area contributed by atoms with Crippen molar-refractivity contribution in [3.8, 4) is 0 Å². The Morgan fingerprint density at radius 2 is 1.59 bits per heavy atom. The molecular weight excluding hydrogens is 512 g/mol. The topological polar surface area (TPSA) is 76.0 Å². The van der Waals surface area contributed by atoms with Crippen LogP contribution < -0.4 is 0 Å². The van der Waals surface area contributed by atoms with Gasteiger partial charge in [0.2, 0.25) is 0 Å². The molecule has 0 amide bonds. The van der Waals surface area contributed by atoms with Crippen molar-refractivity contribution in [2.75, 3.05) is 0 Å². The molecule has 0 radical (unpaired) electrons. The highest BCUT2D eigenvalue weighted by molar-refractivity contribution is 5.69. The van der Waals surface area contributed by atoms with Crippen LogP contribution in [0.3, 0.4) is 0 Å². The van der Waals surface area contributed by atoms with Gasteiger partial charge in [0.15, 0.2) is 0 Å². The van der Waals surface area contributed by atoms with Gasteiger partial charge in [-0.1, -0.05) is 54.4 Å². The number of aliphatic hydroxyl groups excluding tert-OH is 1. The summed E-state index contributed by atoms with van der Waals surface area (Å²) in [7, 11) is 0. The van der Waals surface area contributed by atoms with Gasteiger partial charge >= 0.3 is 5.97 Å². The van der Waals surface area contributed by atoms with E-state index in [0.717, 1.165) is 70.6 Å². The van der Waals surface area contributed by atoms with Gasteiger partial charge in [0.25, 0.3) is 0 Å². The molecular formula is C36H62O5. The summed E-state index contributed by atoms with van der Waals surface area (Å²) in [6.45, 7) is 20.5. The van der Waals surface area contributed by atoms with Crippen LogP contribution in [0, 0.1) is 45.3 Å². The van der Waals surface area contributed by atoms with Gasteiger partial charge in [0, 0.05) is 11.8 Å². The molecule has 236 valence electrons. The molecule has 5 heteroatoms. The van der Waals surface area contributed by atoms with E-state index in [1.807, 2.05) is 13.8 Å². The minimum Gasteiger partial charge on any atom is -0.462 e. The Morgan fingerprint density at radius 3 is 2.22 bits per heavy atom. The maximum absolute atomic E-state index is 12.8. The number of esters is 1. The van der Waals surface area contributed by atoms with Crippen molar-refractivity contribution in [1.29, 1.82) is 0 Å². The first-order valence-corrected chi connectivity index (χ1v) is 17.2. The number of hydrogen-bond acceptors (Lipinski definition) is 5. The second-order valence-electron chi connectivity index (χ2n) is 17.4. The van der Waals surface area contributed by atoms with Gasteiger partial charge in [-0.15, -0.1) is 0 Å². The first-order chi connectivity index (χ1) is 18.9. The smallest absolute Gasteiger partial charge is 0.306 e. The summed E-state index contributed by atoms with van der Waals surface area (Å²) < 4.78 is 12.9. The fraction of sp³-hybridized carbons (Fsp3) is 0.972. The summed E-state index contributed by atoms with van der Waals surface area (Å²) in [5, 5.41) is 22.8. The van der Waals surface area contributed by atoms with Crippen molar-refractivity contribution >= 4 is 5.97 Å². The number of fused-ring (bicyclic) bond motifs is 5. The quantitative estimate of drug-likeness (QED) is 0.239. The lowest BCUT2D eigenvalue weighted by atomic mass is 9.35. The maximum Gasteiger partial charge on any atom is 0.306 e. The van der Waals surface area contributed by atoms with Gasteiger partial charge in [-0.3, -0.25) is 4.79 Å². The Morgan fingerprint density at radius 1 is 0.902 bits per heavy atom. The molecule has 5 rings (SSSR count). The van der Waals surface area contributed by atoms with Crippen molar-refractivity contribution in [2.45, 2.75) is 175 Å². The number of rotatable bonds is 7. The van der Waals surface area contributed by atoms with Crippen LogP contribution in [0.5, 0.6) is 0 Å². The predicted octanol–water partition coefficient (Wildman–Crippen LogP) is 7.84. The van der Waals surface area contributed by atoms with Gasteiger partial charge in [0.1, 0.15) is 6.10 Å². The number of hydrogen-bond donors (Lipinski definition) is 2. The molecule has 11 atom stereocenters.